The number of hydrogen-bond acceptors (Lipinski definition) is 4. The second-order valence-electron chi connectivity index (χ2n) is 7.79. The predicted molar refractivity (Wildman–Crippen MR) is 102 cm³/mol. The number of allylic oxidation sites excluding steroid dienone is 1. The summed E-state index contributed by atoms with van der Waals surface area (Å²) < 4.78 is 5.86. The summed E-state index contributed by atoms with van der Waals surface area (Å²) in [7, 11) is 0. The van der Waals surface area contributed by atoms with Crippen LogP contribution in [0.1, 0.15) is 50.5 Å². The molecule has 0 radical (unpaired) electrons. The molecule has 2 aliphatic carbocycles. The van der Waals surface area contributed by atoms with E-state index in [-0.39, 0.29) is 17.9 Å². The molecule has 4 nitrogen and oxygen atoms in total. The molecule has 4 atom stereocenters. The molecule has 0 amide bonds. The first-order chi connectivity index (χ1) is 12.6. The molecule has 0 bridgehead atoms. The molecule has 2 unspecified atom stereocenters. The SMILES string of the molecule is C=CC1C[C@H](OC(=O)[C@](O)(c2ccccc2)C2CCCCC2)C1CCN. The van der Waals surface area contributed by atoms with Crippen LogP contribution in [0.4, 0.5) is 0 Å². The van der Waals surface area contributed by atoms with Crippen LogP contribution in [0.15, 0.2) is 43.0 Å². The fourth-order valence-corrected chi connectivity index (χ4v) is 4.66. The predicted octanol–water partition coefficient (Wildman–Crippen LogP) is 3.54. The molecule has 142 valence electrons. The van der Waals surface area contributed by atoms with E-state index < -0.39 is 11.6 Å². The molecule has 3 rings (SSSR count). The number of benzene rings is 1. The maximum atomic E-state index is 13.2. The largest absolute Gasteiger partial charge is 0.460 e. The lowest BCUT2D eigenvalue weighted by molar-refractivity contribution is -0.192. The molecular weight excluding hydrogens is 326 g/mol. The van der Waals surface area contributed by atoms with E-state index in [1.165, 1.54) is 6.42 Å². The lowest BCUT2D eigenvalue weighted by atomic mass is 9.69. The number of esters is 1. The second-order valence-corrected chi connectivity index (χ2v) is 7.79. The number of rotatable bonds is 7. The van der Waals surface area contributed by atoms with Gasteiger partial charge < -0.3 is 15.6 Å². The highest BCUT2D eigenvalue weighted by Gasteiger charge is 2.50. The van der Waals surface area contributed by atoms with Gasteiger partial charge in [0, 0.05) is 11.8 Å². The Labute approximate surface area is 156 Å². The van der Waals surface area contributed by atoms with E-state index in [1.54, 1.807) is 0 Å². The van der Waals surface area contributed by atoms with Crippen molar-refractivity contribution in [2.45, 2.75) is 56.7 Å². The minimum atomic E-state index is -1.56. The van der Waals surface area contributed by atoms with Crippen LogP contribution in [0, 0.1) is 17.8 Å². The topological polar surface area (TPSA) is 72.5 Å². The molecule has 4 heteroatoms. The van der Waals surface area contributed by atoms with E-state index >= 15 is 0 Å². The van der Waals surface area contributed by atoms with E-state index in [9.17, 15) is 9.90 Å². The molecule has 0 spiro atoms. The zero-order valence-corrected chi connectivity index (χ0v) is 15.5. The summed E-state index contributed by atoms with van der Waals surface area (Å²) in [6, 6.07) is 9.30. The fourth-order valence-electron chi connectivity index (χ4n) is 4.66. The van der Waals surface area contributed by atoms with Gasteiger partial charge in [0.25, 0.3) is 0 Å². The number of carbonyl (C=O) groups is 1. The number of ether oxygens (including phenoxy) is 1. The molecule has 2 fully saturated rings. The molecule has 1 aromatic carbocycles. The Kier molecular flexibility index (Phi) is 6.15. The first kappa shape index (κ1) is 19.1. The van der Waals surface area contributed by atoms with E-state index in [1.807, 2.05) is 36.4 Å². The van der Waals surface area contributed by atoms with Gasteiger partial charge in [0.2, 0.25) is 0 Å². The Hall–Kier alpha value is -1.65. The molecule has 0 aliphatic heterocycles. The van der Waals surface area contributed by atoms with Crippen molar-refractivity contribution in [3.8, 4) is 0 Å². The molecule has 3 N–H and O–H groups in total. The van der Waals surface area contributed by atoms with E-state index in [2.05, 4.69) is 6.58 Å². The first-order valence-corrected chi connectivity index (χ1v) is 9.92. The quantitative estimate of drug-likeness (QED) is 0.578. The third-order valence-electron chi connectivity index (χ3n) is 6.31. The summed E-state index contributed by atoms with van der Waals surface area (Å²) in [5.41, 5.74) is 4.80. The molecule has 2 aliphatic rings. The first-order valence-electron chi connectivity index (χ1n) is 9.92. The number of aliphatic hydroxyl groups is 1. The molecule has 26 heavy (non-hydrogen) atoms. The highest BCUT2D eigenvalue weighted by molar-refractivity contribution is 5.81. The van der Waals surface area contributed by atoms with Gasteiger partial charge in [-0.3, -0.25) is 0 Å². The standard InChI is InChI=1S/C22H31NO3/c1-2-16-15-20(19(16)13-14-23)26-21(24)22(25,17-9-5-3-6-10-17)18-11-7-4-8-12-18/h2-3,5-6,9-10,16,18-20,25H,1,4,7-8,11-15,23H2/t16?,19?,20-,22-/m0/s1. The van der Waals surface area contributed by atoms with Gasteiger partial charge >= 0.3 is 5.97 Å². The number of hydrogen-bond donors (Lipinski definition) is 2. The Bertz CT molecular complexity index is 611. The van der Waals surface area contributed by atoms with Gasteiger partial charge in [0.05, 0.1) is 0 Å². The van der Waals surface area contributed by atoms with Crippen LogP contribution < -0.4 is 5.73 Å². The van der Waals surface area contributed by atoms with Crippen LogP contribution in [0.5, 0.6) is 0 Å². The van der Waals surface area contributed by atoms with Crippen molar-refractivity contribution < 1.29 is 14.6 Å². The Morgan fingerprint density at radius 2 is 1.96 bits per heavy atom. The third-order valence-corrected chi connectivity index (χ3v) is 6.31. The van der Waals surface area contributed by atoms with Gasteiger partial charge in [-0.1, -0.05) is 55.7 Å². The summed E-state index contributed by atoms with van der Waals surface area (Å²) in [5, 5.41) is 11.6. The second kappa shape index (κ2) is 8.36. The van der Waals surface area contributed by atoms with Crippen molar-refractivity contribution in [2.24, 2.45) is 23.5 Å². The third kappa shape index (κ3) is 3.58. The Morgan fingerprint density at radius 1 is 1.27 bits per heavy atom. The summed E-state index contributed by atoms with van der Waals surface area (Å²) >= 11 is 0. The van der Waals surface area contributed by atoms with Gasteiger partial charge in [-0.05, 0) is 43.7 Å². The summed E-state index contributed by atoms with van der Waals surface area (Å²) in [4.78, 5) is 13.2. The van der Waals surface area contributed by atoms with E-state index in [0.29, 0.717) is 18.0 Å². The normalized spacial score (nSPS) is 28.6. The molecule has 0 saturated heterocycles. The van der Waals surface area contributed by atoms with Crippen molar-refractivity contribution in [1.82, 2.24) is 0 Å². The summed E-state index contributed by atoms with van der Waals surface area (Å²) in [6.07, 6.45) is 8.30. The number of nitrogens with two attached hydrogens (primary N) is 1. The molecule has 2 saturated carbocycles. The van der Waals surface area contributed by atoms with Crippen LogP contribution in [0.2, 0.25) is 0 Å². The fraction of sp³-hybridized carbons (Fsp3) is 0.591. The maximum absolute atomic E-state index is 13.2. The maximum Gasteiger partial charge on any atom is 0.343 e. The zero-order valence-electron chi connectivity index (χ0n) is 15.5. The minimum Gasteiger partial charge on any atom is -0.460 e. The highest BCUT2D eigenvalue weighted by Crippen LogP contribution is 2.44. The van der Waals surface area contributed by atoms with Gasteiger partial charge in [0.1, 0.15) is 6.10 Å². The average Bonchev–Trinajstić information content (AvgIpc) is 2.69. The Balaban J connectivity index is 1.80. The van der Waals surface area contributed by atoms with E-state index in [0.717, 1.165) is 38.5 Å². The zero-order chi connectivity index (χ0) is 18.6. The van der Waals surface area contributed by atoms with Crippen LogP contribution >= 0.6 is 0 Å². The van der Waals surface area contributed by atoms with E-state index in [4.69, 9.17) is 10.5 Å². The lowest BCUT2D eigenvalue weighted by Crippen LogP contribution is -2.51. The van der Waals surface area contributed by atoms with Gasteiger partial charge in [-0.25, -0.2) is 4.79 Å². The minimum absolute atomic E-state index is 0.0885. The highest BCUT2D eigenvalue weighted by atomic mass is 16.6. The van der Waals surface area contributed by atoms with Gasteiger partial charge in [-0.2, -0.15) is 0 Å². The van der Waals surface area contributed by atoms with Crippen molar-refractivity contribution in [3.63, 3.8) is 0 Å². The van der Waals surface area contributed by atoms with Crippen molar-refractivity contribution in [2.75, 3.05) is 6.54 Å². The van der Waals surface area contributed by atoms with Gasteiger partial charge in [0.15, 0.2) is 5.60 Å². The Morgan fingerprint density at radius 3 is 2.58 bits per heavy atom. The van der Waals surface area contributed by atoms with Crippen molar-refractivity contribution in [3.05, 3.63) is 48.6 Å². The molecule has 0 aromatic heterocycles. The lowest BCUT2D eigenvalue weighted by Gasteiger charge is -2.45. The van der Waals surface area contributed by atoms with Crippen LogP contribution in [-0.2, 0) is 15.1 Å². The summed E-state index contributed by atoms with van der Waals surface area (Å²) in [6.45, 7) is 4.43. The average molecular weight is 357 g/mol. The van der Waals surface area contributed by atoms with Crippen LogP contribution in [0.25, 0.3) is 0 Å². The number of carbonyl (C=O) groups excluding carboxylic acids is 1. The van der Waals surface area contributed by atoms with Crippen molar-refractivity contribution in [1.29, 1.82) is 0 Å². The smallest absolute Gasteiger partial charge is 0.343 e. The van der Waals surface area contributed by atoms with Gasteiger partial charge in [-0.15, -0.1) is 6.58 Å². The monoisotopic (exact) mass is 357 g/mol. The van der Waals surface area contributed by atoms with Crippen LogP contribution in [0.3, 0.4) is 0 Å². The molecular formula is C22H31NO3. The van der Waals surface area contributed by atoms with Crippen LogP contribution in [-0.4, -0.2) is 23.7 Å². The molecule has 0 heterocycles. The van der Waals surface area contributed by atoms with Crippen molar-refractivity contribution >= 4 is 5.97 Å². The summed E-state index contributed by atoms with van der Waals surface area (Å²) in [5.74, 6) is -0.0248. The molecule has 1 aromatic rings.